The third kappa shape index (κ3) is 10.7. The second-order valence-electron chi connectivity index (χ2n) is 17.8. The zero-order valence-electron chi connectivity index (χ0n) is 38.2. The van der Waals surface area contributed by atoms with E-state index in [9.17, 15) is 16.8 Å². The molecule has 3 aliphatic rings. The molecule has 4 aromatic heterocycles. The summed E-state index contributed by atoms with van der Waals surface area (Å²) in [7, 11) is -7.10. The lowest BCUT2D eigenvalue weighted by atomic mass is 9.90. The number of rotatable bonds is 15. The highest BCUT2D eigenvalue weighted by Gasteiger charge is 2.32. The molecule has 1 aliphatic carbocycles. The number of aromatic amines is 2. The van der Waals surface area contributed by atoms with Crippen molar-refractivity contribution in [2.45, 2.75) is 94.0 Å². The second kappa shape index (κ2) is 20.5. The minimum Gasteiger partial charge on any atom is -0.348 e. The van der Waals surface area contributed by atoms with Gasteiger partial charge < -0.3 is 9.97 Å². The summed E-state index contributed by atoms with van der Waals surface area (Å²) < 4.78 is 56.1. The molecular weight excluding hydrogens is 905 g/mol. The van der Waals surface area contributed by atoms with E-state index in [1.165, 1.54) is 9.87 Å². The fraction of sp³-hybridized carbons (Fsp3) is 0.245. The number of fused-ring (bicyclic) bond motifs is 3. The zero-order chi connectivity index (χ0) is 47.2. The van der Waals surface area contributed by atoms with Gasteiger partial charge in [0.15, 0.2) is 0 Å². The molecule has 352 valence electrons. The van der Waals surface area contributed by atoms with Gasteiger partial charge in [0.1, 0.15) is 11.6 Å². The first-order chi connectivity index (χ1) is 33.7. The summed E-state index contributed by atoms with van der Waals surface area (Å²) in [4.78, 5) is 29.6. The largest absolute Gasteiger partial charge is 0.348 e. The summed E-state index contributed by atoms with van der Waals surface area (Å²) in [5.74, 6) is 1.78. The van der Waals surface area contributed by atoms with E-state index in [0.29, 0.717) is 68.7 Å². The first-order valence-corrected chi connectivity index (χ1v) is 26.1. The van der Waals surface area contributed by atoms with Gasteiger partial charge in [-0.2, -0.15) is 8.61 Å². The van der Waals surface area contributed by atoms with Crippen LogP contribution in [0.3, 0.4) is 0 Å². The Kier molecular flexibility index (Phi) is 13.7. The normalized spacial score (nSPS) is 15.9. The Labute approximate surface area is 403 Å². The number of nitrogens with one attached hydrogen (secondary N) is 2. The summed E-state index contributed by atoms with van der Waals surface area (Å²) in [6.45, 7) is 4.96. The summed E-state index contributed by atoms with van der Waals surface area (Å²) in [6.07, 6.45) is 14.0. The summed E-state index contributed by atoms with van der Waals surface area (Å²) in [5.41, 5.74) is 9.81. The highest BCUT2D eigenvalue weighted by Crippen LogP contribution is 2.35. The third-order valence-corrected chi connectivity index (χ3v) is 16.7. The fourth-order valence-electron chi connectivity index (χ4n) is 9.55. The van der Waals surface area contributed by atoms with Crippen LogP contribution in [0.15, 0.2) is 174 Å². The molecule has 11 rings (SSSR count). The maximum Gasteiger partial charge on any atom is 0.243 e. The zero-order valence-corrected chi connectivity index (χ0v) is 39.8. The van der Waals surface area contributed by atoms with E-state index in [-0.39, 0.29) is 6.04 Å². The highest BCUT2D eigenvalue weighted by molar-refractivity contribution is 7.89. The van der Waals surface area contributed by atoms with Crippen molar-refractivity contribution >= 4 is 20.0 Å². The van der Waals surface area contributed by atoms with Crippen molar-refractivity contribution in [2.75, 3.05) is 0 Å². The lowest BCUT2D eigenvalue weighted by molar-refractivity contribution is 0.153. The SMILES string of the molecule is O=S(=O)(c1ccc(CN(Cc2ccccn2)Cc2ncc[nH]2)cc1)N1Cc2ccccc2C1.O=S(=O)(c1ccc(CN(Cc2ncc[nH]2)C2CCCc3cccnc32)cc1)N1Cc2ccccc2C1. The molecule has 0 fully saturated rings. The number of benzene rings is 4. The standard InChI is InChI=1S/C28H29N5O2S.C25H25N5O2S/c34-36(35,33-18-23-5-1-2-6-24(23)19-33)25-12-10-21(11-13-25)17-32(20-27-29-15-16-30-27)26-9-3-7-22-8-4-14-31-28(22)26;31-33(32,30-16-21-5-1-2-6-22(21)17-30)24-10-8-20(9-11-24)15-29(19-25-27-13-14-28-25)18-23-7-3-4-12-26-23/h1-2,4-6,8,10-16,26H,3,7,9,17-20H2,(H,29,30);1-14H,15-19H2,(H,27,28). The Bertz CT molecular complexity index is 3140. The van der Waals surface area contributed by atoms with Gasteiger partial charge in [0.2, 0.25) is 20.0 Å². The van der Waals surface area contributed by atoms with E-state index in [1.54, 1.807) is 47.2 Å². The molecule has 2 N–H and O–H groups in total. The van der Waals surface area contributed by atoms with Crippen LogP contribution in [-0.4, -0.2) is 65.1 Å². The minimum atomic E-state index is -3.56. The van der Waals surface area contributed by atoms with Crippen molar-refractivity contribution in [3.05, 3.63) is 227 Å². The molecule has 69 heavy (non-hydrogen) atoms. The van der Waals surface area contributed by atoms with E-state index >= 15 is 0 Å². The molecule has 14 nitrogen and oxygen atoms in total. The maximum atomic E-state index is 13.3. The molecule has 16 heteroatoms. The fourth-order valence-corrected chi connectivity index (χ4v) is 12.3. The number of nitrogens with zero attached hydrogens (tertiary/aromatic N) is 8. The van der Waals surface area contributed by atoms with Gasteiger partial charge in [-0.25, -0.2) is 26.8 Å². The predicted octanol–water partition coefficient (Wildman–Crippen LogP) is 8.30. The quantitative estimate of drug-likeness (QED) is 0.102. The average molecular weight is 959 g/mol. The molecule has 0 bridgehead atoms. The lowest BCUT2D eigenvalue weighted by Crippen LogP contribution is -2.32. The van der Waals surface area contributed by atoms with Gasteiger partial charge >= 0.3 is 0 Å². The number of aromatic nitrogens is 6. The van der Waals surface area contributed by atoms with Crippen molar-refractivity contribution in [1.82, 2.24) is 48.3 Å². The number of sulfonamides is 2. The smallest absolute Gasteiger partial charge is 0.243 e. The van der Waals surface area contributed by atoms with Gasteiger partial charge in [-0.05, 0) is 101 Å². The van der Waals surface area contributed by atoms with E-state index in [0.717, 1.165) is 75.7 Å². The van der Waals surface area contributed by atoms with Crippen molar-refractivity contribution in [3.63, 3.8) is 0 Å². The van der Waals surface area contributed by atoms with Gasteiger partial charge in [0.25, 0.3) is 0 Å². The first-order valence-electron chi connectivity index (χ1n) is 23.2. The van der Waals surface area contributed by atoms with Crippen LogP contribution in [-0.2, 0) is 85.4 Å². The molecule has 0 saturated heterocycles. The van der Waals surface area contributed by atoms with E-state index in [1.807, 2.05) is 116 Å². The van der Waals surface area contributed by atoms with Crippen molar-refractivity contribution in [3.8, 4) is 0 Å². The average Bonchev–Trinajstić information content (AvgIpc) is 4.23. The Hall–Kier alpha value is -6.66. The van der Waals surface area contributed by atoms with Gasteiger partial charge in [0.05, 0.1) is 40.3 Å². The Balaban J connectivity index is 0.000000161. The minimum absolute atomic E-state index is 0.187. The number of hydrogen-bond donors (Lipinski definition) is 2. The molecule has 1 atom stereocenters. The molecule has 0 radical (unpaired) electrons. The molecule has 0 spiro atoms. The Morgan fingerprint density at radius 3 is 1.52 bits per heavy atom. The number of aryl methyl sites for hydroxylation is 1. The molecule has 8 aromatic rings. The molecule has 0 amide bonds. The molecule has 0 saturated carbocycles. The lowest BCUT2D eigenvalue weighted by Gasteiger charge is -2.34. The summed E-state index contributed by atoms with van der Waals surface area (Å²) in [6, 6.07) is 40.6. The van der Waals surface area contributed by atoms with E-state index in [4.69, 9.17) is 4.98 Å². The molecule has 2 aliphatic heterocycles. The second-order valence-corrected chi connectivity index (χ2v) is 21.6. The maximum absolute atomic E-state index is 13.3. The van der Waals surface area contributed by atoms with Crippen LogP contribution in [0.5, 0.6) is 0 Å². The monoisotopic (exact) mass is 958 g/mol. The van der Waals surface area contributed by atoms with Gasteiger partial charge in [0, 0.05) is 83.0 Å². The van der Waals surface area contributed by atoms with Crippen molar-refractivity contribution < 1.29 is 16.8 Å². The number of H-pyrrole nitrogens is 2. The third-order valence-electron chi connectivity index (χ3n) is 13.1. The molecule has 6 heterocycles. The van der Waals surface area contributed by atoms with E-state index in [2.05, 4.69) is 40.8 Å². The van der Waals surface area contributed by atoms with Crippen LogP contribution in [0.25, 0.3) is 0 Å². The van der Waals surface area contributed by atoms with Gasteiger partial charge in [-0.15, -0.1) is 0 Å². The topological polar surface area (TPSA) is 164 Å². The van der Waals surface area contributed by atoms with Crippen LogP contribution in [0, 0.1) is 0 Å². The van der Waals surface area contributed by atoms with Gasteiger partial charge in [-0.1, -0.05) is 84.9 Å². The van der Waals surface area contributed by atoms with Crippen LogP contribution in [0.2, 0.25) is 0 Å². The molecular formula is C53H54N10O4S2. The first kappa shape index (κ1) is 46.1. The number of pyridine rings is 2. The van der Waals surface area contributed by atoms with Crippen LogP contribution in [0.1, 0.15) is 80.9 Å². The summed E-state index contributed by atoms with van der Waals surface area (Å²) >= 11 is 0. The van der Waals surface area contributed by atoms with Crippen LogP contribution < -0.4 is 0 Å². The van der Waals surface area contributed by atoms with Crippen LogP contribution in [0.4, 0.5) is 0 Å². The summed E-state index contributed by atoms with van der Waals surface area (Å²) in [5, 5.41) is 0. The van der Waals surface area contributed by atoms with Crippen LogP contribution >= 0.6 is 0 Å². The van der Waals surface area contributed by atoms with Gasteiger partial charge in [-0.3, -0.25) is 19.8 Å². The molecule has 4 aromatic carbocycles. The molecule has 1 unspecified atom stereocenters. The number of hydrogen-bond acceptors (Lipinski definition) is 10. The highest BCUT2D eigenvalue weighted by atomic mass is 32.2. The van der Waals surface area contributed by atoms with E-state index < -0.39 is 20.0 Å². The Morgan fingerprint density at radius 1 is 0.493 bits per heavy atom. The van der Waals surface area contributed by atoms with Crippen molar-refractivity contribution in [1.29, 1.82) is 0 Å². The number of imidazole rings is 2. The predicted molar refractivity (Wildman–Crippen MR) is 262 cm³/mol. The van der Waals surface area contributed by atoms with Crippen molar-refractivity contribution in [2.24, 2.45) is 0 Å². The Morgan fingerprint density at radius 2 is 1.00 bits per heavy atom.